The fraction of sp³-hybridized carbons (Fsp3) is 0.400. The molecule has 2 N–H and O–H groups in total. The van der Waals surface area contributed by atoms with Gasteiger partial charge in [0, 0.05) is 6.92 Å². The van der Waals surface area contributed by atoms with E-state index < -0.39 is 0 Å². The third-order valence-electron chi connectivity index (χ3n) is 1.29. The van der Waals surface area contributed by atoms with Crippen LogP contribution in [-0.4, -0.2) is 10.1 Å². The van der Waals surface area contributed by atoms with Gasteiger partial charge in [-0.15, -0.1) is 0 Å². The van der Waals surface area contributed by atoms with Crippen LogP contribution in [0.4, 0.5) is 5.95 Å². The number of nitrogen functional groups attached to an aromatic ring is 1. The second-order valence-electron chi connectivity index (χ2n) is 2.01. The SMILES string of the molecule is Cc1nc(N)n[n+]([O-])c1C. The Kier molecular flexibility index (Phi) is 1.41. The molecule has 1 heterocycles. The maximum Gasteiger partial charge on any atom is 0.287 e. The quantitative estimate of drug-likeness (QED) is 0.382. The molecule has 0 saturated carbocycles. The number of aryl methyl sites for hydroxylation is 1. The van der Waals surface area contributed by atoms with E-state index in [0.717, 1.165) is 0 Å². The van der Waals surface area contributed by atoms with Crippen molar-refractivity contribution < 1.29 is 4.85 Å². The van der Waals surface area contributed by atoms with Crippen molar-refractivity contribution in [3.05, 3.63) is 16.6 Å². The van der Waals surface area contributed by atoms with E-state index in [-0.39, 0.29) is 5.95 Å². The van der Waals surface area contributed by atoms with Gasteiger partial charge in [0.05, 0.1) is 5.10 Å². The lowest BCUT2D eigenvalue weighted by molar-refractivity contribution is -0.675. The summed E-state index contributed by atoms with van der Waals surface area (Å²) in [6, 6.07) is 0. The van der Waals surface area contributed by atoms with E-state index >= 15 is 0 Å². The Morgan fingerprint density at radius 2 is 2.10 bits per heavy atom. The minimum absolute atomic E-state index is 0.0121. The van der Waals surface area contributed by atoms with E-state index in [9.17, 15) is 5.21 Å². The molecule has 0 aromatic carbocycles. The first-order valence-corrected chi connectivity index (χ1v) is 2.82. The maximum atomic E-state index is 10.7. The van der Waals surface area contributed by atoms with Crippen LogP contribution in [-0.2, 0) is 0 Å². The highest BCUT2D eigenvalue weighted by atomic mass is 16.5. The molecular formula is C5H8N4O. The second kappa shape index (κ2) is 2.09. The zero-order valence-corrected chi connectivity index (χ0v) is 5.83. The Morgan fingerprint density at radius 1 is 1.50 bits per heavy atom. The maximum absolute atomic E-state index is 10.7. The standard InChI is InChI=1S/C5H8N4O/c1-3-4(2)9(10)8-5(6)7-3/h1-2H3,(H2,6,7,8). The summed E-state index contributed by atoms with van der Waals surface area (Å²) in [5.41, 5.74) is 6.28. The fourth-order valence-electron chi connectivity index (χ4n) is 0.582. The predicted molar refractivity (Wildman–Crippen MR) is 34.9 cm³/mol. The average molecular weight is 140 g/mol. The summed E-state index contributed by atoms with van der Waals surface area (Å²) in [6.07, 6.45) is 0. The van der Waals surface area contributed by atoms with Crippen molar-refractivity contribution >= 4 is 5.95 Å². The van der Waals surface area contributed by atoms with Gasteiger partial charge in [0.2, 0.25) is 5.69 Å². The summed E-state index contributed by atoms with van der Waals surface area (Å²) in [4.78, 5) is 4.25. The minimum atomic E-state index is 0.0121. The number of aromatic nitrogens is 3. The van der Waals surface area contributed by atoms with E-state index in [4.69, 9.17) is 5.73 Å². The zero-order chi connectivity index (χ0) is 7.72. The van der Waals surface area contributed by atoms with Crippen molar-refractivity contribution in [2.75, 3.05) is 5.73 Å². The molecule has 0 atom stereocenters. The summed E-state index contributed by atoms with van der Waals surface area (Å²) >= 11 is 0. The summed E-state index contributed by atoms with van der Waals surface area (Å²) in [6.45, 7) is 3.35. The average Bonchev–Trinajstić information content (AvgIpc) is 1.82. The molecule has 0 unspecified atom stereocenters. The number of hydrogen-bond acceptors (Lipinski definition) is 4. The molecule has 10 heavy (non-hydrogen) atoms. The van der Waals surface area contributed by atoms with Crippen LogP contribution in [0.5, 0.6) is 0 Å². The van der Waals surface area contributed by atoms with Gasteiger partial charge in [-0.2, -0.15) is 0 Å². The largest absolute Gasteiger partial charge is 0.594 e. The van der Waals surface area contributed by atoms with Crippen molar-refractivity contribution in [2.45, 2.75) is 13.8 Å². The molecule has 1 aromatic rings. The van der Waals surface area contributed by atoms with Crippen LogP contribution >= 0.6 is 0 Å². The lowest BCUT2D eigenvalue weighted by atomic mass is 10.4. The zero-order valence-electron chi connectivity index (χ0n) is 5.83. The first-order chi connectivity index (χ1) is 4.61. The molecular weight excluding hydrogens is 132 g/mol. The van der Waals surface area contributed by atoms with Crippen LogP contribution in [0.15, 0.2) is 0 Å². The molecule has 1 rings (SSSR count). The Hall–Kier alpha value is -1.39. The minimum Gasteiger partial charge on any atom is -0.594 e. The topological polar surface area (TPSA) is 78.7 Å². The summed E-state index contributed by atoms with van der Waals surface area (Å²) in [7, 11) is 0. The van der Waals surface area contributed by atoms with Crippen molar-refractivity contribution in [1.29, 1.82) is 0 Å². The Bertz CT molecular complexity index is 237. The molecule has 5 heteroatoms. The van der Waals surface area contributed by atoms with Crippen LogP contribution in [0.3, 0.4) is 0 Å². The normalized spacial score (nSPS) is 9.80. The van der Waals surface area contributed by atoms with Crippen LogP contribution in [0.1, 0.15) is 11.4 Å². The van der Waals surface area contributed by atoms with Crippen LogP contribution in [0.2, 0.25) is 0 Å². The first-order valence-electron chi connectivity index (χ1n) is 2.82. The van der Waals surface area contributed by atoms with Gasteiger partial charge in [0.15, 0.2) is 0 Å². The van der Waals surface area contributed by atoms with Gasteiger partial charge in [-0.3, -0.25) is 0 Å². The summed E-state index contributed by atoms with van der Waals surface area (Å²) in [5, 5.41) is 14.1. The number of rotatable bonds is 0. The van der Waals surface area contributed by atoms with Crippen molar-refractivity contribution in [1.82, 2.24) is 10.1 Å². The van der Waals surface area contributed by atoms with E-state index in [2.05, 4.69) is 10.1 Å². The highest BCUT2D eigenvalue weighted by Crippen LogP contribution is 1.95. The van der Waals surface area contributed by atoms with E-state index in [0.29, 0.717) is 16.2 Å². The number of nitrogens with zero attached hydrogens (tertiary/aromatic N) is 3. The van der Waals surface area contributed by atoms with Crippen molar-refractivity contribution in [3.63, 3.8) is 0 Å². The molecule has 0 fully saturated rings. The monoisotopic (exact) mass is 140 g/mol. The smallest absolute Gasteiger partial charge is 0.287 e. The van der Waals surface area contributed by atoms with Gasteiger partial charge in [-0.25, -0.2) is 4.98 Å². The molecule has 0 spiro atoms. The van der Waals surface area contributed by atoms with Gasteiger partial charge in [0.1, 0.15) is 5.69 Å². The van der Waals surface area contributed by atoms with Crippen LogP contribution < -0.4 is 10.6 Å². The number of nitrogens with two attached hydrogens (primary N) is 1. The molecule has 0 bridgehead atoms. The van der Waals surface area contributed by atoms with Gasteiger partial charge in [0.25, 0.3) is 5.95 Å². The Morgan fingerprint density at radius 3 is 2.60 bits per heavy atom. The molecule has 0 amide bonds. The third kappa shape index (κ3) is 0.975. The number of hydrogen-bond donors (Lipinski definition) is 1. The van der Waals surface area contributed by atoms with E-state index in [1.165, 1.54) is 0 Å². The molecule has 0 aliphatic carbocycles. The van der Waals surface area contributed by atoms with Crippen molar-refractivity contribution in [2.24, 2.45) is 0 Å². The van der Waals surface area contributed by atoms with Gasteiger partial charge >= 0.3 is 0 Å². The first kappa shape index (κ1) is 6.73. The van der Waals surface area contributed by atoms with Crippen LogP contribution in [0.25, 0.3) is 0 Å². The highest BCUT2D eigenvalue weighted by molar-refractivity contribution is 5.14. The molecule has 5 nitrogen and oxygen atoms in total. The van der Waals surface area contributed by atoms with Gasteiger partial charge < -0.3 is 10.9 Å². The third-order valence-corrected chi connectivity index (χ3v) is 1.29. The summed E-state index contributed by atoms with van der Waals surface area (Å²) < 4.78 is 0. The molecule has 1 aromatic heterocycles. The van der Waals surface area contributed by atoms with Gasteiger partial charge in [-0.1, -0.05) is 0 Å². The molecule has 54 valence electrons. The van der Waals surface area contributed by atoms with Crippen LogP contribution in [0, 0.1) is 19.1 Å². The second-order valence-corrected chi connectivity index (χ2v) is 2.01. The highest BCUT2D eigenvalue weighted by Gasteiger charge is 2.06. The van der Waals surface area contributed by atoms with E-state index in [1.807, 2.05) is 0 Å². The number of anilines is 1. The Balaban J connectivity index is 3.31. The lowest BCUT2D eigenvalue weighted by Gasteiger charge is -1.98. The molecule has 0 saturated heterocycles. The van der Waals surface area contributed by atoms with Crippen molar-refractivity contribution in [3.8, 4) is 0 Å². The van der Waals surface area contributed by atoms with Gasteiger partial charge in [-0.05, 0) is 11.8 Å². The lowest BCUT2D eigenvalue weighted by Crippen LogP contribution is -2.37. The molecule has 0 aliphatic rings. The summed E-state index contributed by atoms with van der Waals surface area (Å²) in [5.74, 6) is 0.0121. The molecule has 0 radical (unpaired) electrons. The molecule has 0 aliphatic heterocycles. The van der Waals surface area contributed by atoms with E-state index in [1.54, 1.807) is 13.8 Å². The Labute approximate surface area is 58.1 Å². The fourth-order valence-corrected chi connectivity index (χ4v) is 0.582. The predicted octanol–water partition coefficient (Wildman–Crippen LogP) is -0.691.